The van der Waals surface area contributed by atoms with Crippen molar-refractivity contribution in [2.24, 2.45) is 0 Å². The van der Waals surface area contributed by atoms with Gasteiger partial charge in [-0.15, -0.1) is 0 Å². The average molecular weight is 338 g/mol. The number of thioether (sulfide) groups is 1. The lowest BCUT2D eigenvalue weighted by molar-refractivity contribution is -0.116. The van der Waals surface area contributed by atoms with Crippen LogP contribution in [0.2, 0.25) is 0 Å². The number of hydrogen-bond donors (Lipinski definition) is 1. The third-order valence-corrected chi connectivity index (χ3v) is 4.52. The van der Waals surface area contributed by atoms with Crippen molar-refractivity contribution in [2.75, 3.05) is 12.0 Å². The molecule has 0 unspecified atom stereocenters. The molecule has 1 N–H and O–H groups in total. The lowest BCUT2D eigenvalue weighted by Gasteiger charge is -2.09. The summed E-state index contributed by atoms with van der Waals surface area (Å²) in [6.07, 6.45) is 1.73. The molecule has 1 amide bonds. The normalized spacial score (nSPS) is 11.2. The van der Waals surface area contributed by atoms with Gasteiger partial charge in [0.25, 0.3) is 10.0 Å². The molecule has 1 rings (SSSR count). The van der Waals surface area contributed by atoms with E-state index in [4.69, 9.17) is 0 Å². The van der Waals surface area contributed by atoms with Crippen LogP contribution < -0.4 is 4.72 Å². The van der Waals surface area contributed by atoms with Crippen molar-refractivity contribution in [1.29, 1.82) is 0 Å². The second kappa shape index (κ2) is 5.88. The first-order valence-corrected chi connectivity index (χ1v) is 8.34. The van der Waals surface area contributed by atoms with Crippen molar-refractivity contribution in [2.45, 2.75) is 11.8 Å². The summed E-state index contributed by atoms with van der Waals surface area (Å²) in [5.74, 6) is -0.399. The number of amides is 1. The quantitative estimate of drug-likeness (QED) is 0.911. The predicted molar refractivity (Wildman–Crippen MR) is 72.6 cm³/mol. The molecule has 0 aliphatic rings. The summed E-state index contributed by atoms with van der Waals surface area (Å²) in [6, 6.07) is 4.90. The van der Waals surface area contributed by atoms with Crippen LogP contribution in [-0.4, -0.2) is 26.3 Å². The Labute approximate surface area is 113 Å². The van der Waals surface area contributed by atoms with Crippen LogP contribution >= 0.6 is 27.7 Å². The molecular weight excluding hydrogens is 326 g/mol. The minimum absolute atomic E-state index is 0.112. The second-order valence-electron chi connectivity index (χ2n) is 3.37. The first-order valence-electron chi connectivity index (χ1n) is 4.67. The predicted octanol–water partition coefficient (Wildman–Crippen LogP) is 1.93. The van der Waals surface area contributed by atoms with Gasteiger partial charge in [-0.3, -0.25) is 4.79 Å². The van der Waals surface area contributed by atoms with Gasteiger partial charge in [-0.2, -0.15) is 11.8 Å². The molecular formula is C10H12BrNO3S2. The lowest BCUT2D eigenvalue weighted by atomic mass is 10.2. The van der Waals surface area contributed by atoms with Gasteiger partial charge in [0.2, 0.25) is 5.91 Å². The maximum Gasteiger partial charge on any atom is 0.264 e. The third-order valence-electron chi connectivity index (χ3n) is 1.96. The topological polar surface area (TPSA) is 63.2 Å². The summed E-state index contributed by atoms with van der Waals surface area (Å²) in [5.41, 5.74) is 0.595. The Kier molecular flexibility index (Phi) is 5.03. The zero-order chi connectivity index (χ0) is 13.1. The average Bonchev–Trinajstić information content (AvgIpc) is 2.21. The molecule has 0 spiro atoms. The zero-order valence-corrected chi connectivity index (χ0v) is 12.6. The first kappa shape index (κ1) is 14.5. The number of rotatable bonds is 4. The molecule has 0 bridgehead atoms. The number of benzene rings is 1. The van der Waals surface area contributed by atoms with E-state index in [9.17, 15) is 13.2 Å². The zero-order valence-electron chi connectivity index (χ0n) is 9.36. The molecule has 0 saturated heterocycles. The minimum Gasteiger partial charge on any atom is -0.273 e. The fourth-order valence-corrected chi connectivity index (χ4v) is 3.42. The SMILES string of the molecule is CSCC(=O)NS(=O)(=O)c1cc(Br)ccc1C. The Balaban J connectivity index is 3.05. The van der Waals surface area contributed by atoms with Crippen LogP contribution in [0, 0.1) is 6.92 Å². The van der Waals surface area contributed by atoms with Crippen molar-refractivity contribution in [3.8, 4) is 0 Å². The van der Waals surface area contributed by atoms with Gasteiger partial charge in [-0.05, 0) is 30.9 Å². The second-order valence-corrected chi connectivity index (χ2v) is 6.80. The van der Waals surface area contributed by atoms with Crippen molar-refractivity contribution < 1.29 is 13.2 Å². The molecule has 4 nitrogen and oxygen atoms in total. The van der Waals surface area contributed by atoms with Crippen LogP contribution in [0.25, 0.3) is 0 Å². The van der Waals surface area contributed by atoms with Crippen LogP contribution in [0.3, 0.4) is 0 Å². The van der Waals surface area contributed by atoms with E-state index in [1.54, 1.807) is 25.3 Å². The highest BCUT2D eigenvalue weighted by atomic mass is 79.9. The van der Waals surface area contributed by atoms with Gasteiger partial charge in [0, 0.05) is 4.47 Å². The van der Waals surface area contributed by atoms with Crippen LogP contribution in [0.15, 0.2) is 27.6 Å². The van der Waals surface area contributed by atoms with Crippen LogP contribution in [-0.2, 0) is 14.8 Å². The van der Waals surface area contributed by atoms with Crippen molar-refractivity contribution in [3.05, 3.63) is 28.2 Å². The number of carbonyl (C=O) groups excluding carboxylic acids is 1. The Hall–Kier alpha value is -0.530. The van der Waals surface area contributed by atoms with E-state index in [1.165, 1.54) is 17.8 Å². The molecule has 0 atom stereocenters. The van der Waals surface area contributed by atoms with Crippen LogP contribution in [0.4, 0.5) is 0 Å². The summed E-state index contributed by atoms with van der Waals surface area (Å²) in [4.78, 5) is 11.4. The molecule has 17 heavy (non-hydrogen) atoms. The summed E-state index contributed by atoms with van der Waals surface area (Å²) in [5, 5.41) is 0. The van der Waals surface area contributed by atoms with Crippen molar-refractivity contribution >= 4 is 43.6 Å². The summed E-state index contributed by atoms with van der Waals surface area (Å²) >= 11 is 4.47. The first-order chi connectivity index (χ1) is 7.86. The fraction of sp³-hybridized carbons (Fsp3) is 0.300. The molecule has 0 aromatic heterocycles. The maximum atomic E-state index is 11.9. The number of hydrogen-bond acceptors (Lipinski definition) is 4. The number of halogens is 1. The highest BCUT2D eigenvalue weighted by Crippen LogP contribution is 2.20. The number of sulfonamides is 1. The van der Waals surface area contributed by atoms with E-state index in [2.05, 4.69) is 15.9 Å². The largest absolute Gasteiger partial charge is 0.273 e. The van der Waals surface area contributed by atoms with Crippen LogP contribution in [0.5, 0.6) is 0 Å². The van der Waals surface area contributed by atoms with Gasteiger partial charge < -0.3 is 0 Å². The highest BCUT2D eigenvalue weighted by molar-refractivity contribution is 9.10. The van der Waals surface area contributed by atoms with Crippen LogP contribution in [0.1, 0.15) is 5.56 Å². The van der Waals surface area contributed by atoms with E-state index in [0.29, 0.717) is 10.0 Å². The molecule has 0 aliphatic heterocycles. The van der Waals surface area contributed by atoms with Gasteiger partial charge in [-0.1, -0.05) is 22.0 Å². The standard InChI is InChI=1S/C10H12BrNO3S2/c1-7-3-4-8(11)5-9(7)17(14,15)12-10(13)6-16-2/h3-5H,6H2,1-2H3,(H,12,13). The summed E-state index contributed by atoms with van der Waals surface area (Å²) in [7, 11) is -3.78. The lowest BCUT2D eigenvalue weighted by Crippen LogP contribution is -2.32. The smallest absolute Gasteiger partial charge is 0.264 e. The van der Waals surface area contributed by atoms with Gasteiger partial charge >= 0.3 is 0 Å². The third kappa shape index (κ3) is 4.01. The van der Waals surface area contributed by atoms with Crippen molar-refractivity contribution in [1.82, 2.24) is 4.72 Å². The molecule has 1 aromatic carbocycles. The minimum atomic E-state index is -3.78. The molecule has 1 aromatic rings. The van der Waals surface area contributed by atoms with E-state index < -0.39 is 15.9 Å². The molecule has 7 heteroatoms. The van der Waals surface area contributed by atoms with Gasteiger partial charge in [0.05, 0.1) is 10.6 Å². The van der Waals surface area contributed by atoms with E-state index in [-0.39, 0.29) is 10.6 Å². The molecule has 0 fully saturated rings. The van der Waals surface area contributed by atoms with Gasteiger partial charge in [0.15, 0.2) is 0 Å². The molecule has 0 saturated carbocycles. The van der Waals surface area contributed by atoms with E-state index in [0.717, 1.165) is 0 Å². The summed E-state index contributed by atoms with van der Waals surface area (Å²) in [6.45, 7) is 1.68. The Morgan fingerprint density at radius 1 is 1.47 bits per heavy atom. The van der Waals surface area contributed by atoms with Gasteiger partial charge in [0.1, 0.15) is 0 Å². The molecule has 0 aliphatic carbocycles. The van der Waals surface area contributed by atoms with E-state index in [1.807, 2.05) is 4.72 Å². The molecule has 94 valence electrons. The Morgan fingerprint density at radius 2 is 2.12 bits per heavy atom. The fourth-order valence-electron chi connectivity index (χ4n) is 1.23. The summed E-state index contributed by atoms with van der Waals surface area (Å²) < 4.78 is 26.5. The Morgan fingerprint density at radius 3 is 2.71 bits per heavy atom. The number of aryl methyl sites for hydroxylation is 1. The highest BCUT2D eigenvalue weighted by Gasteiger charge is 2.19. The Bertz CT molecular complexity index is 528. The monoisotopic (exact) mass is 337 g/mol. The number of nitrogens with one attached hydrogen (secondary N) is 1. The molecule has 0 radical (unpaired) electrons. The number of carbonyl (C=O) groups is 1. The maximum absolute atomic E-state index is 11.9. The molecule has 0 heterocycles. The van der Waals surface area contributed by atoms with Crippen molar-refractivity contribution in [3.63, 3.8) is 0 Å². The van der Waals surface area contributed by atoms with E-state index >= 15 is 0 Å². The van der Waals surface area contributed by atoms with Gasteiger partial charge in [-0.25, -0.2) is 13.1 Å².